The van der Waals surface area contributed by atoms with Crippen LogP contribution in [-0.4, -0.2) is 31.6 Å². The van der Waals surface area contributed by atoms with Gasteiger partial charge in [0.25, 0.3) is 0 Å². The van der Waals surface area contributed by atoms with E-state index in [1.54, 1.807) is 0 Å². The van der Waals surface area contributed by atoms with E-state index in [-0.39, 0.29) is 0 Å². The lowest BCUT2D eigenvalue weighted by Gasteiger charge is -2.11. The summed E-state index contributed by atoms with van der Waals surface area (Å²) in [6.45, 7) is 7.34. The van der Waals surface area contributed by atoms with E-state index in [0.29, 0.717) is 6.10 Å². The van der Waals surface area contributed by atoms with E-state index < -0.39 is 0 Å². The third-order valence-corrected chi connectivity index (χ3v) is 4.44. The highest BCUT2D eigenvalue weighted by atomic mass is 32.2. The number of thioether (sulfide) groups is 1. The number of hydrogen-bond donors (Lipinski definition) is 1. The van der Waals surface area contributed by atoms with Gasteiger partial charge in [0, 0.05) is 30.3 Å². The Bertz CT molecular complexity index is 375. The van der Waals surface area contributed by atoms with Crippen LogP contribution >= 0.6 is 11.8 Å². The molecule has 0 aromatic heterocycles. The minimum atomic E-state index is 0.455. The maximum Gasteiger partial charge on any atom is 0.0700 e. The fourth-order valence-corrected chi connectivity index (χ4v) is 3.18. The zero-order valence-electron chi connectivity index (χ0n) is 11.4. The molecule has 3 heteroatoms. The van der Waals surface area contributed by atoms with Crippen LogP contribution in [0.25, 0.3) is 0 Å². The van der Waals surface area contributed by atoms with Crippen LogP contribution < -0.4 is 5.32 Å². The first kappa shape index (κ1) is 13.9. The molecule has 0 amide bonds. The highest BCUT2D eigenvalue weighted by Gasteiger charge is 2.14. The molecule has 0 radical (unpaired) electrons. The van der Waals surface area contributed by atoms with Crippen LogP contribution in [0.3, 0.4) is 0 Å². The number of benzene rings is 1. The smallest absolute Gasteiger partial charge is 0.0700 e. The molecule has 1 aliphatic heterocycles. The van der Waals surface area contributed by atoms with E-state index in [4.69, 9.17) is 4.74 Å². The molecule has 1 saturated heterocycles. The lowest BCUT2D eigenvalue weighted by Crippen LogP contribution is -2.27. The van der Waals surface area contributed by atoms with Gasteiger partial charge >= 0.3 is 0 Å². The second kappa shape index (κ2) is 7.17. The molecule has 1 aliphatic rings. The molecule has 0 aliphatic carbocycles. The third kappa shape index (κ3) is 4.30. The molecule has 2 rings (SSSR count). The van der Waals surface area contributed by atoms with Crippen LogP contribution in [-0.2, 0) is 4.74 Å². The van der Waals surface area contributed by atoms with E-state index in [1.165, 1.54) is 28.9 Å². The molecule has 1 N–H and O–H groups in total. The molecular weight excluding hydrogens is 242 g/mol. The van der Waals surface area contributed by atoms with Gasteiger partial charge in [-0.3, -0.25) is 0 Å². The predicted octanol–water partition coefficient (Wildman–Crippen LogP) is 3.16. The second-order valence-corrected chi connectivity index (χ2v) is 6.09. The normalized spacial score (nSPS) is 19.3. The number of nitrogens with one attached hydrogen (secondary N) is 1. The Morgan fingerprint density at radius 3 is 3.00 bits per heavy atom. The average Bonchev–Trinajstić information content (AvgIpc) is 2.84. The molecule has 1 aromatic carbocycles. The van der Waals surface area contributed by atoms with Crippen molar-refractivity contribution in [1.82, 2.24) is 5.32 Å². The quantitative estimate of drug-likeness (QED) is 0.630. The first-order chi connectivity index (χ1) is 8.75. The van der Waals surface area contributed by atoms with Crippen molar-refractivity contribution in [2.75, 3.05) is 25.4 Å². The third-order valence-electron chi connectivity index (χ3n) is 3.26. The minimum Gasteiger partial charge on any atom is -0.377 e. The lowest BCUT2D eigenvalue weighted by atomic mass is 10.2. The van der Waals surface area contributed by atoms with Crippen LogP contribution in [0.1, 0.15) is 24.0 Å². The highest BCUT2D eigenvalue weighted by molar-refractivity contribution is 7.99. The van der Waals surface area contributed by atoms with Gasteiger partial charge in [-0.05, 0) is 38.3 Å². The Balaban J connectivity index is 1.62. The molecule has 2 nitrogen and oxygen atoms in total. The van der Waals surface area contributed by atoms with E-state index in [2.05, 4.69) is 37.4 Å². The van der Waals surface area contributed by atoms with Gasteiger partial charge in [0.05, 0.1) is 6.10 Å². The molecular formula is C15H23NOS. The molecule has 0 bridgehead atoms. The first-order valence-electron chi connectivity index (χ1n) is 6.78. The molecule has 0 saturated carbocycles. The van der Waals surface area contributed by atoms with Gasteiger partial charge in [-0.1, -0.05) is 17.7 Å². The summed E-state index contributed by atoms with van der Waals surface area (Å²) >= 11 is 1.93. The molecule has 100 valence electrons. The van der Waals surface area contributed by atoms with Crippen molar-refractivity contribution in [3.8, 4) is 0 Å². The maximum absolute atomic E-state index is 5.58. The van der Waals surface area contributed by atoms with Crippen LogP contribution in [0, 0.1) is 13.8 Å². The summed E-state index contributed by atoms with van der Waals surface area (Å²) in [5.74, 6) is 1.12. The molecule has 0 spiro atoms. The van der Waals surface area contributed by atoms with Crippen LogP contribution in [0.5, 0.6) is 0 Å². The Kier molecular flexibility index (Phi) is 5.54. The Hall–Kier alpha value is -0.510. The largest absolute Gasteiger partial charge is 0.377 e. The number of aryl methyl sites for hydroxylation is 2. The Morgan fingerprint density at radius 1 is 1.39 bits per heavy atom. The van der Waals surface area contributed by atoms with Crippen LogP contribution in [0.2, 0.25) is 0 Å². The van der Waals surface area contributed by atoms with Gasteiger partial charge < -0.3 is 10.1 Å². The zero-order chi connectivity index (χ0) is 12.8. The van der Waals surface area contributed by atoms with Crippen molar-refractivity contribution in [2.24, 2.45) is 0 Å². The average molecular weight is 265 g/mol. The van der Waals surface area contributed by atoms with Gasteiger partial charge in [-0.2, -0.15) is 0 Å². The minimum absolute atomic E-state index is 0.455. The van der Waals surface area contributed by atoms with Crippen molar-refractivity contribution < 1.29 is 4.74 Å². The van der Waals surface area contributed by atoms with Gasteiger partial charge in [-0.15, -0.1) is 11.8 Å². The van der Waals surface area contributed by atoms with Gasteiger partial charge in [0.2, 0.25) is 0 Å². The fraction of sp³-hybridized carbons (Fsp3) is 0.600. The van der Waals surface area contributed by atoms with Crippen molar-refractivity contribution >= 4 is 11.8 Å². The second-order valence-electron chi connectivity index (χ2n) is 4.96. The summed E-state index contributed by atoms with van der Waals surface area (Å²) in [6.07, 6.45) is 2.90. The highest BCUT2D eigenvalue weighted by Crippen LogP contribution is 2.22. The summed E-state index contributed by atoms with van der Waals surface area (Å²) in [6, 6.07) is 6.67. The molecule has 1 aromatic rings. The van der Waals surface area contributed by atoms with Gasteiger partial charge in [0.1, 0.15) is 0 Å². The summed E-state index contributed by atoms with van der Waals surface area (Å²) in [7, 11) is 0. The van der Waals surface area contributed by atoms with Crippen molar-refractivity contribution in [2.45, 2.75) is 37.7 Å². The summed E-state index contributed by atoms with van der Waals surface area (Å²) in [4.78, 5) is 1.40. The molecule has 1 atom stereocenters. The molecule has 1 heterocycles. The van der Waals surface area contributed by atoms with E-state index in [0.717, 1.165) is 25.4 Å². The standard InChI is InChI=1S/C15H23NOS/c1-12-5-6-15(13(2)10-12)18-9-7-16-11-14-4-3-8-17-14/h5-6,10,14,16H,3-4,7-9,11H2,1-2H3. The summed E-state index contributed by atoms with van der Waals surface area (Å²) in [5, 5.41) is 3.48. The first-order valence-corrected chi connectivity index (χ1v) is 7.76. The topological polar surface area (TPSA) is 21.3 Å². The van der Waals surface area contributed by atoms with Crippen LogP contribution in [0.4, 0.5) is 0 Å². The maximum atomic E-state index is 5.58. The summed E-state index contributed by atoms with van der Waals surface area (Å²) in [5.41, 5.74) is 2.73. The number of hydrogen-bond acceptors (Lipinski definition) is 3. The molecule has 1 fully saturated rings. The number of ether oxygens (including phenoxy) is 1. The monoisotopic (exact) mass is 265 g/mol. The Labute approximate surface area is 114 Å². The lowest BCUT2D eigenvalue weighted by molar-refractivity contribution is 0.110. The summed E-state index contributed by atoms with van der Waals surface area (Å²) < 4.78 is 5.58. The zero-order valence-corrected chi connectivity index (χ0v) is 12.2. The van der Waals surface area contributed by atoms with Crippen molar-refractivity contribution in [3.05, 3.63) is 29.3 Å². The van der Waals surface area contributed by atoms with Crippen LogP contribution in [0.15, 0.2) is 23.1 Å². The fourth-order valence-electron chi connectivity index (χ4n) is 2.26. The molecule has 1 unspecified atom stereocenters. The number of rotatable bonds is 6. The van der Waals surface area contributed by atoms with Gasteiger partial charge in [0.15, 0.2) is 0 Å². The predicted molar refractivity (Wildman–Crippen MR) is 78.5 cm³/mol. The van der Waals surface area contributed by atoms with E-state index in [1.807, 2.05) is 11.8 Å². The van der Waals surface area contributed by atoms with Crippen molar-refractivity contribution in [1.29, 1.82) is 0 Å². The molecule has 18 heavy (non-hydrogen) atoms. The van der Waals surface area contributed by atoms with E-state index >= 15 is 0 Å². The van der Waals surface area contributed by atoms with E-state index in [9.17, 15) is 0 Å². The SMILES string of the molecule is Cc1ccc(SCCNCC2CCCO2)c(C)c1. The van der Waals surface area contributed by atoms with Gasteiger partial charge in [-0.25, -0.2) is 0 Å². The van der Waals surface area contributed by atoms with Crippen molar-refractivity contribution in [3.63, 3.8) is 0 Å². The Morgan fingerprint density at radius 2 is 2.28 bits per heavy atom.